The van der Waals surface area contributed by atoms with Crippen LogP contribution in [0, 0.1) is 6.92 Å². The van der Waals surface area contributed by atoms with Gasteiger partial charge in [-0.05, 0) is 12.5 Å². The molecule has 0 radical (unpaired) electrons. The standard InChI is InChI=1S/C14H17N3O2.ClH/c1-9-4-6-10(7-5-9)13-11(8-12(18)19)14(16-15-13)17(2)3;/h4-7H,8H2,1-3H3,(H,15,16)(H,18,19);1H. The van der Waals surface area contributed by atoms with E-state index in [-0.39, 0.29) is 18.8 Å². The van der Waals surface area contributed by atoms with Gasteiger partial charge in [0.25, 0.3) is 0 Å². The van der Waals surface area contributed by atoms with Crippen LogP contribution in [0.1, 0.15) is 11.1 Å². The summed E-state index contributed by atoms with van der Waals surface area (Å²) in [6.07, 6.45) is -0.0484. The number of hydrogen-bond donors (Lipinski definition) is 2. The first-order valence-electron chi connectivity index (χ1n) is 6.02. The first-order valence-corrected chi connectivity index (χ1v) is 6.02. The summed E-state index contributed by atoms with van der Waals surface area (Å²) in [4.78, 5) is 12.8. The number of hydrogen-bond acceptors (Lipinski definition) is 3. The fourth-order valence-electron chi connectivity index (χ4n) is 2.00. The van der Waals surface area contributed by atoms with Crippen molar-refractivity contribution >= 4 is 24.2 Å². The molecule has 2 rings (SSSR count). The van der Waals surface area contributed by atoms with Crippen LogP contribution in [0.15, 0.2) is 24.3 Å². The number of aromatic amines is 1. The molecule has 0 spiro atoms. The normalized spacial score (nSPS) is 9.95. The number of nitrogens with one attached hydrogen (secondary N) is 1. The zero-order valence-corrected chi connectivity index (χ0v) is 12.5. The summed E-state index contributed by atoms with van der Waals surface area (Å²) in [6.45, 7) is 2.01. The summed E-state index contributed by atoms with van der Waals surface area (Å²) in [5.74, 6) is -0.198. The highest BCUT2D eigenvalue weighted by Gasteiger charge is 2.18. The maximum Gasteiger partial charge on any atom is 0.308 e. The fraction of sp³-hybridized carbons (Fsp3) is 0.286. The van der Waals surface area contributed by atoms with E-state index in [4.69, 9.17) is 5.11 Å². The van der Waals surface area contributed by atoms with E-state index in [0.717, 1.165) is 16.8 Å². The molecule has 0 atom stereocenters. The summed E-state index contributed by atoms with van der Waals surface area (Å²) in [5.41, 5.74) is 3.59. The fourth-order valence-corrected chi connectivity index (χ4v) is 2.00. The molecular formula is C14H18ClN3O2. The Labute approximate surface area is 124 Å². The first-order chi connectivity index (χ1) is 8.99. The van der Waals surface area contributed by atoms with Gasteiger partial charge < -0.3 is 10.0 Å². The molecule has 1 aromatic carbocycles. The van der Waals surface area contributed by atoms with E-state index < -0.39 is 5.97 Å². The van der Waals surface area contributed by atoms with E-state index in [0.29, 0.717) is 11.4 Å². The molecule has 0 unspecified atom stereocenters. The second kappa shape index (κ2) is 6.43. The lowest BCUT2D eigenvalue weighted by Gasteiger charge is -2.11. The highest BCUT2D eigenvalue weighted by Crippen LogP contribution is 2.28. The van der Waals surface area contributed by atoms with Crippen LogP contribution in [0.2, 0.25) is 0 Å². The molecule has 1 heterocycles. The minimum absolute atomic E-state index is 0. The molecule has 2 N–H and O–H groups in total. The SMILES string of the molecule is Cc1ccc(-c2[nH]nc(N(C)C)c2CC(=O)O)cc1.Cl. The Hall–Kier alpha value is -2.01. The van der Waals surface area contributed by atoms with Gasteiger partial charge in [0, 0.05) is 19.7 Å². The number of aliphatic carboxylic acids is 1. The van der Waals surface area contributed by atoms with Crippen LogP contribution >= 0.6 is 12.4 Å². The summed E-state index contributed by atoms with van der Waals surface area (Å²) in [5, 5.41) is 16.2. The lowest BCUT2D eigenvalue weighted by atomic mass is 10.0. The lowest BCUT2D eigenvalue weighted by molar-refractivity contribution is -0.136. The van der Waals surface area contributed by atoms with Crippen molar-refractivity contribution in [3.8, 4) is 11.3 Å². The number of carbonyl (C=O) groups is 1. The number of halogens is 1. The number of carboxylic acid groups (broad SMARTS) is 1. The highest BCUT2D eigenvalue weighted by atomic mass is 35.5. The maximum atomic E-state index is 11.0. The van der Waals surface area contributed by atoms with Gasteiger partial charge in [-0.25, -0.2) is 0 Å². The van der Waals surface area contributed by atoms with Gasteiger partial charge in [0.1, 0.15) is 0 Å². The van der Waals surface area contributed by atoms with Crippen LogP contribution < -0.4 is 4.90 Å². The molecule has 2 aromatic rings. The highest BCUT2D eigenvalue weighted by molar-refractivity contribution is 5.85. The Morgan fingerprint density at radius 1 is 1.30 bits per heavy atom. The average molecular weight is 296 g/mol. The largest absolute Gasteiger partial charge is 0.481 e. The first kappa shape index (κ1) is 16.0. The molecule has 20 heavy (non-hydrogen) atoms. The molecule has 0 aliphatic heterocycles. The maximum absolute atomic E-state index is 11.0. The Morgan fingerprint density at radius 2 is 1.90 bits per heavy atom. The van der Waals surface area contributed by atoms with Crippen LogP contribution in [0.25, 0.3) is 11.3 Å². The van der Waals surface area contributed by atoms with E-state index in [1.54, 1.807) is 0 Å². The van der Waals surface area contributed by atoms with Crippen LogP contribution in [0.5, 0.6) is 0 Å². The summed E-state index contributed by atoms with van der Waals surface area (Å²) in [7, 11) is 3.70. The number of aromatic nitrogens is 2. The number of H-pyrrole nitrogens is 1. The van der Waals surface area contributed by atoms with Crippen molar-refractivity contribution in [3.63, 3.8) is 0 Å². The molecule has 0 saturated heterocycles. The van der Waals surface area contributed by atoms with Crippen molar-refractivity contribution in [3.05, 3.63) is 35.4 Å². The van der Waals surface area contributed by atoms with E-state index in [1.807, 2.05) is 50.2 Å². The van der Waals surface area contributed by atoms with Crippen molar-refractivity contribution in [2.24, 2.45) is 0 Å². The number of nitrogens with zero attached hydrogens (tertiary/aromatic N) is 2. The second-order valence-electron chi connectivity index (χ2n) is 4.73. The van der Waals surface area contributed by atoms with Gasteiger partial charge in [-0.2, -0.15) is 5.10 Å². The van der Waals surface area contributed by atoms with Crippen LogP contribution in [-0.4, -0.2) is 35.4 Å². The third-order valence-corrected chi connectivity index (χ3v) is 2.94. The smallest absolute Gasteiger partial charge is 0.308 e. The number of anilines is 1. The van der Waals surface area contributed by atoms with Crippen molar-refractivity contribution in [2.75, 3.05) is 19.0 Å². The molecule has 0 fully saturated rings. The average Bonchev–Trinajstić information content (AvgIpc) is 2.73. The van der Waals surface area contributed by atoms with Crippen molar-refractivity contribution in [1.29, 1.82) is 0 Å². The molecule has 108 valence electrons. The molecule has 0 aliphatic rings. The zero-order valence-electron chi connectivity index (χ0n) is 11.7. The van der Waals surface area contributed by atoms with Crippen LogP contribution in [0.3, 0.4) is 0 Å². The number of rotatable bonds is 4. The number of aryl methyl sites for hydroxylation is 1. The summed E-state index contributed by atoms with van der Waals surface area (Å²) >= 11 is 0. The van der Waals surface area contributed by atoms with Crippen molar-refractivity contribution in [1.82, 2.24) is 10.2 Å². The van der Waals surface area contributed by atoms with Gasteiger partial charge in [0.05, 0.1) is 12.1 Å². The van der Waals surface area contributed by atoms with E-state index in [1.165, 1.54) is 0 Å². The van der Waals surface area contributed by atoms with Crippen LogP contribution in [0.4, 0.5) is 5.82 Å². The van der Waals surface area contributed by atoms with Gasteiger partial charge in [-0.15, -0.1) is 12.4 Å². The minimum atomic E-state index is -0.863. The topological polar surface area (TPSA) is 69.2 Å². The molecule has 0 aliphatic carbocycles. The van der Waals surface area contributed by atoms with Gasteiger partial charge >= 0.3 is 5.97 Å². The van der Waals surface area contributed by atoms with E-state index in [2.05, 4.69) is 10.2 Å². The Balaban J connectivity index is 0.00000200. The second-order valence-corrected chi connectivity index (χ2v) is 4.73. The molecule has 1 aromatic heterocycles. The summed E-state index contributed by atoms with van der Waals surface area (Å²) in [6, 6.07) is 7.92. The molecule has 0 bridgehead atoms. The zero-order chi connectivity index (χ0) is 14.0. The molecule has 6 heteroatoms. The Morgan fingerprint density at radius 3 is 2.40 bits per heavy atom. The third kappa shape index (κ3) is 3.30. The third-order valence-electron chi connectivity index (χ3n) is 2.94. The Kier molecular flexibility index (Phi) is 5.16. The monoisotopic (exact) mass is 295 g/mol. The van der Waals surface area contributed by atoms with Gasteiger partial charge in [0.15, 0.2) is 5.82 Å². The quantitative estimate of drug-likeness (QED) is 0.909. The van der Waals surface area contributed by atoms with Gasteiger partial charge in [0.2, 0.25) is 0 Å². The van der Waals surface area contributed by atoms with E-state index >= 15 is 0 Å². The molecular weight excluding hydrogens is 278 g/mol. The molecule has 5 nitrogen and oxygen atoms in total. The molecule has 0 amide bonds. The predicted octanol–water partition coefficient (Wildman–Crippen LogP) is 2.50. The van der Waals surface area contributed by atoms with Crippen molar-refractivity contribution < 1.29 is 9.90 Å². The molecule has 0 saturated carbocycles. The van der Waals surface area contributed by atoms with E-state index in [9.17, 15) is 4.79 Å². The number of benzene rings is 1. The number of carboxylic acids is 1. The van der Waals surface area contributed by atoms with Crippen LogP contribution in [-0.2, 0) is 11.2 Å². The van der Waals surface area contributed by atoms with Gasteiger partial charge in [-0.3, -0.25) is 9.89 Å². The van der Waals surface area contributed by atoms with Crippen molar-refractivity contribution in [2.45, 2.75) is 13.3 Å². The lowest BCUT2D eigenvalue weighted by Crippen LogP contribution is -2.13. The van der Waals surface area contributed by atoms with Gasteiger partial charge in [-0.1, -0.05) is 29.8 Å². The Bertz CT molecular complexity index is 591. The predicted molar refractivity (Wildman–Crippen MR) is 81.7 cm³/mol. The summed E-state index contributed by atoms with van der Waals surface area (Å²) < 4.78 is 0. The minimum Gasteiger partial charge on any atom is -0.481 e.